The van der Waals surface area contributed by atoms with E-state index in [-0.39, 0.29) is 17.0 Å². The van der Waals surface area contributed by atoms with Gasteiger partial charge in [-0.25, -0.2) is 0 Å². The largest absolute Gasteiger partial charge is 0.338 e. The Bertz CT molecular complexity index is 221. The van der Waals surface area contributed by atoms with Crippen LogP contribution in [0.1, 0.15) is 104 Å². The topological polar surface area (TPSA) is 44.5 Å². The zero-order valence-corrected chi connectivity index (χ0v) is 17.6. The number of hydrogen-bond acceptors (Lipinski definition) is 3. The first kappa shape index (κ1) is 25.6. The lowest BCUT2D eigenvalue weighted by atomic mass is 10.0. The summed E-state index contributed by atoms with van der Waals surface area (Å²) in [5.74, 6) is -0.859. The van der Waals surface area contributed by atoms with Gasteiger partial charge in [0.1, 0.15) is 0 Å². The van der Waals surface area contributed by atoms with Crippen LogP contribution in [0.15, 0.2) is 0 Å². The normalized spacial score (nSPS) is 11.5. The maximum absolute atomic E-state index is 6.11. The van der Waals surface area contributed by atoms with Crippen molar-refractivity contribution in [2.24, 2.45) is 5.73 Å². The molecule has 23 heavy (non-hydrogen) atoms. The van der Waals surface area contributed by atoms with Gasteiger partial charge < -0.3 is 9.47 Å². The highest BCUT2D eigenvalue weighted by atomic mass is 79.9. The molecule has 0 fully saturated rings. The monoisotopic (exact) mass is 395 g/mol. The third-order valence-electron chi connectivity index (χ3n) is 4.16. The molecule has 142 valence electrons. The molecule has 2 N–H and O–H groups in total. The van der Waals surface area contributed by atoms with Crippen LogP contribution in [0.5, 0.6) is 0 Å². The van der Waals surface area contributed by atoms with Gasteiger partial charge in [-0.15, -0.1) is 17.0 Å². The van der Waals surface area contributed by atoms with Crippen molar-refractivity contribution in [1.29, 1.82) is 0 Å². The van der Waals surface area contributed by atoms with Gasteiger partial charge in [0.15, 0.2) is 0 Å². The molecule has 0 aromatic carbocycles. The minimum atomic E-state index is -0.859. The fourth-order valence-electron chi connectivity index (χ4n) is 2.89. The van der Waals surface area contributed by atoms with E-state index in [0.29, 0.717) is 13.2 Å². The smallest absolute Gasteiger partial charge is 0.224 e. The molecular weight excluding hydrogens is 354 g/mol. The van der Waals surface area contributed by atoms with Gasteiger partial charge in [0, 0.05) is 19.6 Å². The summed E-state index contributed by atoms with van der Waals surface area (Å²) in [6, 6.07) is 0. The molecule has 0 radical (unpaired) electrons. The molecule has 0 saturated heterocycles. The summed E-state index contributed by atoms with van der Waals surface area (Å²) >= 11 is 0. The van der Waals surface area contributed by atoms with Crippen LogP contribution in [-0.4, -0.2) is 19.1 Å². The molecule has 0 aliphatic heterocycles. The summed E-state index contributed by atoms with van der Waals surface area (Å²) in [4.78, 5) is 0. The lowest BCUT2D eigenvalue weighted by Crippen LogP contribution is -2.45. The van der Waals surface area contributed by atoms with Gasteiger partial charge in [0.25, 0.3) is 0 Å². The van der Waals surface area contributed by atoms with Gasteiger partial charge in [-0.2, -0.15) is 0 Å². The summed E-state index contributed by atoms with van der Waals surface area (Å²) in [5, 5.41) is 0. The molecule has 0 bridgehead atoms. The van der Waals surface area contributed by atoms with Crippen molar-refractivity contribution >= 4 is 17.0 Å². The second kappa shape index (κ2) is 18.7. The van der Waals surface area contributed by atoms with E-state index in [4.69, 9.17) is 15.2 Å². The average molecular weight is 396 g/mol. The van der Waals surface area contributed by atoms with Crippen molar-refractivity contribution in [3.05, 3.63) is 0 Å². The molecule has 0 aromatic rings. The second-order valence-electron chi connectivity index (χ2n) is 6.32. The van der Waals surface area contributed by atoms with Crippen molar-refractivity contribution in [3.8, 4) is 0 Å². The molecule has 0 saturated carbocycles. The first-order valence-corrected chi connectivity index (χ1v) is 9.75. The summed E-state index contributed by atoms with van der Waals surface area (Å²) in [5.41, 5.74) is 6.11. The van der Waals surface area contributed by atoms with Crippen molar-refractivity contribution in [2.45, 2.75) is 110 Å². The van der Waals surface area contributed by atoms with E-state index >= 15 is 0 Å². The van der Waals surface area contributed by atoms with Crippen LogP contribution in [0.3, 0.4) is 0 Å². The zero-order valence-electron chi connectivity index (χ0n) is 15.9. The summed E-state index contributed by atoms with van der Waals surface area (Å²) < 4.78 is 11.1. The molecule has 0 aliphatic rings. The van der Waals surface area contributed by atoms with Gasteiger partial charge in [-0.1, -0.05) is 77.6 Å². The molecule has 0 aromatic heterocycles. The molecule has 0 rings (SSSR count). The molecule has 0 spiro atoms. The van der Waals surface area contributed by atoms with Crippen molar-refractivity contribution in [1.82, 2.24) is 0 Å². The highest BCUT2D eigenvalue weighted by Gasteiger charge is 2.24. The second-order valence-corrected chi connectivity index (χ2v) is 6.32. The Labute approximate surface area is 155 Å². The van der Waals surface area contributed by atoms with Crippen molar-refractivity contribution < 1.29 is 9.47 Å². The Morgan fingerprint density at radius 3 is 1.30 bits per heavy atom. The van der Waals surface area contributed by atoms with E-state index < -0.39 is 5.91 Å². The lowest BCUT2D eigenvalue weighted by molar-refractivity contribution is -0.233. The van der Waals surface area contributed by atoms with E-state index in [0.717, 1.165) is 12.8 Å². The van der Waals surface area contributed by atoms with Crippen LogP contribution < -0.4 is 5.73 Å². The van der Waals surface area contributed by atoms with E-state index in [1.165, 1.54) is 70.6 Å². The van der Waals surface area contributed by atoms with Gasteiger partial charge in [0.2, 0.25) is 5.91 Å². The maximum Gasteiger partial charge on any atom is 0.224 e. The standard InChI is InChI=1S/C19H41NO2.BrH/c1-4-7-8-9-10-11-12-13-14-15-16-17-18-19(20,21-5-2)22-6-3;/h4-18,20H2,1-3H3;1H. The lowest BCUT2D eigenvalue weighted by Gasteiger charge is -2.28. The molecule has 0 unspecified atom stereocenters. The fraction of sp³-hybridized carbons (Fsp3) is 1.00. The van der Waals surface area contributed by atoms with Gasteiger partial charge in [0.05, 0.1) is 0 Å². The first-order chi connectivity index (χ1) is 10.7. The van der Waals surface area contributed by atoms with E-state index in [1.807, 2.05) is 13.8 Å². The maximum atomic E-state index is 6.11. The molecular formula is C19H42BrNO2. The number of unbranched alkanes of at least 4 members (excludes halogenated alkanes) is 11. The minimum absolute atomic E-state index is 0. The van der Waals surface area contributed by atoms with Crippen LogP contribution >= 0.6 is 17.0 Å². The molecule has 3 nitrogen and oxygen atoms in total. The van der Waals surface area contributed by atoms with Crippen molar-refractivity contribution in [3.63, 3.8) is 0 Å². The molecule has 0 amide bonds. The Hall–Kier alpha value is 0.360. The van der Waals surface area contributed by atoms with Crippen molar-refractivity contribution in [2.75, 3.05) is 13.2 Å². The van der Waals surface area contributed by atoms with Crippen LogP contribution in [0.25, 0.3) is 0 Å². The number of halogens is 1. The summed E-state index contributed by atoms with van der Waals surface area (Å²) in [6.07, 6.45) is 17.0. The number of ether oxygens (including phenoxy) is 2. The van der Waals surface area contributed by atoms with Gasteiger partial charge >= 0.3 is 0 Å². The predicted molar refractivity (Wildman–Crippen MR) is 106 cm³/mol. The Balaban J connectivity index is 0. The number of hydrogen-bond donors (Lipinski definition) is 1. The molecule has 0 aliphatic carbocycles. The van der Waals surface area contributed by atoms with Crippen LogP contribution in [0, 0.1) is 0 Å². The third-order valence-corrected chi connectivity index (χ3v) is 4.16. The SMILES string of the molecule is Br.CCCCCCCCCCCCCCC(N)(OCC)OCC. The first-order valence-electron chi connectivity index (χ1n) is 9.75. The molecule has 4 heteroatoms. The van der Waals surface area contributed by atoms with Gasteiger partial charge in [-0.3, -0.25) is 5.73 Å². The fourth-order valence-corrected chi connectivity index (χ4v) is 2.89. The van der Waals surface area contributed by atoms with Crippen LogP contribution in [0.2, 0.25) is 0 Å². The van der Waals surface area contributed by atoms with E-state index in [9.17, 15) is 0 Å². The van der Waals surface area contributed by atoms with Crippen LogP contribution in [-0.2, 0) is 9.47 Å². The van der Waals surface area contributed by atoms with Gasteiger partial charge in [-0.05, 0) is 20.3 Å². The summed E-state index contributed by atoms with van der Waals surface area (Å²) in [6.45, 7) is 7.41. The molecule has 0 atom stereocenters. The Kier molecular flexibility index (Phi) is 20.8. The average Bonchev–Trinajstić information content (AvgIpc) is 2.49. The van der Waals surface area contributed by atoms with E-state index in [1.54, 1.807) is 0 Å². The molecule has 0 heterocycles. The highest BCUT2D eigenvalue weighted by Crippen LogP contribution is 2.17. The van der Waals surface area contributed by atoms with Crippen LogP contribution in [0.4, 0.5) is 0 Å². The Morgan fingerprint density at radius 1 is 0.609 bits per heavy atom. The predicted octanol–water partition coefficient (Wildman–Crippen LogP) is 6.34. The zero-order chi connectivity index (χ0) is 16.5. The quantitative estimate of drug-likeness (QED) is 0.230. The number of nitrogens with two attached hydrogens (primary N) is 1. The minimum Gasteiger partial charge on any atom is -0.338 e. The number of rotatable bonds is 17. The highest BCUT2D eigenvalue weighted by molar-refractivity contribution is 8.93. The summed E-state index contributed by atoms with van der Waals surface area (Å²) in [7, 11) is 0. The third kappa shape index (κ3) is 17.0. The van der Waals surface area contributed by atoms with E-state index in [2.05, 4.69) is 6.92 Å². The Morgan fingerprint density at radius 2 is 0.957 bits per heavy atom.